The lowest BCUT2D eigenvalue weighted by Crippen LogP contribution is -2.63. The highest BCUT2D eigenvalue weighted by Gasteiger charge is 2.48. The SMILES string of the molecule is CCCCCN1CC(=O)N2[C@@H](c3ccc(OCC)c(OC)c3)c3[nH]c4ccccc4c3C[C@H]2C1=O. The molecule has 2 aliphatic rings. The summed E-state index contributed by atoms with van der Waals surface area (Å²) >= 11 is 0. The van der Waals surface area contributed by atoms with Crippen LogP contribution >= 0.6 is 0 Å². The molecule has 0 aliphatic carbocycles. The Bertz CT molecular complexity index is 1250. The first-order chi connectivity index (χ1) is 17.1. The molecule has 1 aromatic heterocycles. The number of fused-ring (bicyclic) bond motifs is 4. The number of para-hydroxylation sites is 1. The summed E-state index contributed by atoms with van der Waals surface area (Å²) in [5.41, 5.74) is 3.98. The van der Waals surface area contributed by atoms with Crippen molar-refractivity contribution in [3.8, 4) is 11.5 Å². The lowest BCUT2D eigenvalue weighted by atomic mass is 9.86. The van der Waals surface area contributed by atoms with E-state index < -0.39 is 12.1 Å². The zero-order chi connectivity index (χ0) is 24.5. The third kappa shape index (κ3) is 4.03. The first-order valence-electron chi connectivity index (χ1n) is 12.6. The van der Waals surface area contributed by atoms with Crippen LogP contribution in [0, 0.1) is 0 Å². The number of aromatic amines is 1. The number of aromatic nitrogens is 1. The molecule has 2 aliphatic heterocycles. The van der Waals surface area contributed by atoms with Crippen molar-refractivity contribution in [3.63, 3.8) is 0 Å². The molecule has 2 atom stereocenters. The third-order valence-electron chi connectivity index (χ3n) is 7.18. The summed E-state index contributed by atoms with van der Waals surface area (Å²) in [5, 5.41) is 1.11. The van der Waals surface area contributed by atoms with Gasteiger partial charge in [-0.1, -0.05) is 44.0 Å². The molecule has 0 saturated carbocycles. The molecule has 1 fully saturated rings. The summed E-state index contributed by atoms with van der Waals surface area (Å²) in [7, 11) is 1.61. The summed E-state index contributed by atoms with van der Waals surface area (Å²) in [6, 6.07) is 13.0. The van der Waals surface area contributed by atoms with Crippen LogP contribution in [0.15, 0.2) is 42.5 Å². The fraction of sp³-hybridized carbons (Fsp3) is 0.429. The Kier molecular flexibility index (Phi) is 6.41. The average Bonchev–Trinajstić information content (AvgIpc) is 3.24. The van der Waals surface area contributed by atoms with Crippen LogP contribution in [0.2, 0.25) is 0 Å². The number of carbonyl (C=O) groups is 2. The van der Waals surface area contributed by atoms with Crippen LogP contribution < -0.4 is 9.47 Å². The van der Waals surface area contributed by atoms with Gasteiger partial charge >= 0.3 is 0 Å². The fourth-order valence-electron chi connectivity index (χ4n) is 5.54. The maximum Gasteiger partial charge on any atom is 0.246 e. The van der Waals surface area contributed by atoms with E-state index in [-0.39, 0.29) is 18.4 Å². The number of hydrogen-bond donors (Lipinski definition) is 1. The monoisotopic (exact) mass is 475 g/mol. The first kappa shape index (κ1) is 23.3. The molecule has 3 aromatic rings. The summed E-state index contributed by atoms with van der Waals surface area (Å²) in [4.78, 5) is 34.4. The largest absolute Gasteiger partial charge is 0.493 e. The van der Waals surface area contributed by atoms with Gasteiger partial charge in [0.2, 0.25) is 11.8 Å². The molecule has 2 aromatic carbocycles. The zero-order valence-corrected chi connectivity index (χ0v) is 20.7. The van der Waals surface area contributed by atoms with Crippen molar-refractivity contribution in [2.45, 2.75) is 51.6 Å². The second kappa shape index (κ2) is 9.64. The number of amides is 2. The van der Waals surface area contributed by atoms with E-state index in [2.05, 4.69) is 18.0 Å². The van der Waals surface area contributed by atoms with Gasteiger partial charge in [0.15, 0.2) is 11.5 Å². The second-order valence-corrected chi connectivity index (χ2v) is 9.30. The Hall–Kier alpha value is -3.48. The number of piperazine rings is 1. The maximum atomic E-state index is 13.7. The molecular formula is C28H33N3O4. The van der Waals surface area contributed by atoms with Gasteiger partial charge in [-0.2, -0.15) is 0 Å². The van der Waals surface area contributed by atoms with Crippen molar-refractivity contribution in [1.29, 1.82) is 0 Å². The number of ether oxygens (including phenoxy) is 2. The molecule has 1 saturated heterocycles. The van der Waals surface area contributed by atoms with E-state index in [4.69, 9.17) is 9.47 Å². The third-order valence-corrected chi connectivity index (χ3v) is 7.18. The average molecular weight is 476 g/mol. The van der Waals surface area contributed by atoms with Crippen molar-refractivity contribution in [3.05, 3.63) is 59.3 Å². The number of H-pyrrole nitrogens is 1. The lowest BCUT2D eigenvalue weighted by molar-refractivity contribution is -0.158. The van der Waals surface area contributed by atoms with Crippen molar-refractivity contribution in [1.82, 2.24) is 14.8 Å². The summed E-state index contributed by atoms with van der Waals surface area (Å²) in [6.45, 7) is 5.35. The molecule has 0 radical (unpaired) electrons. The van der Waals surface area contributed by atoms with E-state index in [1.165, 1.54) is 0 Å². The summed E-state index contributed by atoms with van der Waals surface area (Å²) in [5.74, 6) is 1.29. The maximum absolute atomic E-state index is 13.7. The van der Waals surface area contributed by atoms with Crippen molar-refractivity contribution in [2.24, 2.45) is 0 Å². The molecular weight excluding hydrogens is 442 g/mol. The lowest BCUT2D eigenvalue weighted by Gasteiger charge is -2.47. The Labute approximate surface area is 206 Å². The molecule has 5 rings (SSSR count). The molecule has 35 heavy (non-hydrogen) atoms. The van der Waals surface area contributed by atoms with E-state index in [0.29, 0.717) is 31.1 Å². The van der Waals surface area contributed by atoms with Crippen molar-refractivity contribution < 1.29 is 19.1 Å². The van der Waals surface area contributed by atoms with Gasteiger partial charge < -0.3 is 24.3 Å². The number of rotatable bonds is 8. The van der Waals surface area contributed by atoms with Crippen LogP contribution in [0.4, 0.5) is 0 Å². The fourth-order valence-corrected chi connectivity index (χ4v) is 5.54. The summed E-state index contributed by atoms with van der Waals surface area (Å²) in [6.07, 6.45) is 3.55. The van der Waals surface area contributed by atoms with E-state index in [0.717, 1.165) is 47.0 Å². The highest BCUT2D eigenvalue weighted by Crippen LogP contribution is 2.44. The van der Waals surface area contributed by atoms with E-state index in [1.807, 2.05) is 43.3 Å². The molecule has 7 nitrogen and oxygen atoms in total. The van der Waals surface area contributed by atoms with Crippen LogP contribution in [0.3, 0.4) is 0 Å². The van der Waals surface area contributed by atoms with E-state index in [9.17, 15) is 9.59 Å². The minimum Gasteiger partial charge on any atom is -0.493 e. The van der Waals surface area contributed by atoms with Gasteiger partial charge in [0.25, 0.3) is 0 Å². The number of carbonyl (C=O) groups excluding carboxylic acids is 2. The van der Waals surface area contributed by atoms with Gasteiger partial charge in [-0.3, -0.25) is 9.59 Å². The zero-order valence-electron chi connectivity index (χ0n) is 20.7. The number of nitrogens with one attached hydrogen (secondary N) is 1. The van der Waals surface area contributed by atoms with Crippen molar-refractivity contribution in [2.75, 3.05) is 26.8 Å². The number of methoxy groups -OCH3 is 1. The highest BCUT2D eigenvalue weighted by molar-refractivity contribution is 5.97. The number of nitrogens with zero attached hydrogens (tertiary/aromatic N) is 2. The minimum absolute atomic E-state index is 0.0201. The van der Waals surface area contributed by atoms with Gasteiger partial charge in [0.05, 0.1) is 26.3 Å². The Morgan fingerprint density at radius 2 is 1.89 bits per heavy atom. The quantitative estimate of drug-likeness (QED) is 0.489. The second-order valence-electron chi connectivity index (χ2n) is 9.30. The summed E-state index contributed by atoms with van der Waals surface area (Å²) < 4.78 is 11.3. The van der Waals surface area contributed by atoms with Gasteiger partial charge in [-0.25, -0.2) is 0 Å². The molecule has 0 unspecified atom stereocenters. The Balaban J connectivity index is 1.62. The molecule has 1 N–H and O–H groups in total. The molecule has 184 valence electrons. The van der Waals surface area contributed by atoms with Crippen molar-refractivity contribution >= 4 is 22.7 Å². The van der Waals surface area contributed by atoms with E-state index >= 15 is 0 Å². The standard InChI is InChI=1S/C28H33N3O4/c1-4-6-9-14-30-17-25(32)31-22(28(30)33)16-20-19-10-7-8-11-21(19)29-26(20)27(31)18-12-13-23(35-5-2)24(15-18)34-3/h7-8,10-13,15,22,27,29H,4-6,9,14,16-17H2,1-3H3/t22-,27-/m0/s1. The van der Waals surface area contributed by atoms with Gasteiger partial charge in [0.1, 0.15) is 6.04 Å². The molecule has 2 amide bonds. The number of unbranched alkanes of at least 4 members (excludes halogenated alkanes) is 2. The predicted octanol–water partition coefficient (Wildman–Crippen LogP) is 4.45. The van der Waals surface area contributed by atoms with E-state index in [1.54, 1.807) is 16.9 Å². The van der Waals surface area contributed by atoms with Crippen LogP contribution in [-0.4, -0.2) is 59.4 Å². The van der Waals surface area contributed by atoms with Crippen LogP contribution in [0.25, 0.3) is 10.9 Å². The number of benzene rings is 2. The minimum atomic E-state index is -0.521. The first-order valence-corrected chi connectivity index (χ1v) is 12.6. The Morgan fingerprint density at radius 1 is 1.06 bits per heavy atom. The highest BCUT2D eigenvalue weighted by atomic mass is 16.5. The predicted molar refractivity (Wildman–Crippen MR) is 135 cm³/mol. The van der Waals surface area contributed by atoms with Crippen LogP contribution in [-0.2, 0) is 16.0 Å². The van der Waals surface area contributed by atoms with Gasteiger partial charge in [-0.15, -0.1) is 0 Å². The number of hydrogen-bond acceptors (Lipinski definition) is 4. The molecule has 3 heterocycles. The van der Waals surface area contributed by atoms with Crippen LogP contribution in [0.1, 0.15) is 56.0 Å². The molecule has 0 spiro atoms. The smallest absolute Gasteiger partial charge is 0.246 e. The van der Waals surface area contributed by atoms with Crippen LogP contribution in [0.5, 0.6) is 11.5 Å². The Morgan fingerprint density at radius 3 is 2.66 bits per heavy atom. The molecule has 0 bridgehead atoms. The van der Waals surface area contributed by atoms with Gasteiger partial charge in [0, 0.05) is 29.6 Å². The molecule has 7 heteroatoms. The topological polar surface area (TPSA) is 74.9 Å². The van der Waals surface area contributed by atoms with Gasteiger partial charge in [-0.05, 0) is 42.7 Å². The normalized spacial score (nSPS) is 19.6.